The maximum absolute atomic E-state index is 11.9. The zero-order chi connectivity index (χ0) is 15.1. The van der Waals surface area contributed by atoms with E-state index in [2.05, 4.69) is 36.6 Å². The second-order valence-corrected chi connectivity index (χ2v) is 5.81. The van der Waals surface area contributed by atoms with Crippen molar-refractivity contribution in [2.24, 2.45) is 0 Å². The van der Waals surface area contributed by atoms with Crippen molar-refractivity contribution in [1.82, 2.24) is 5.32 Å². The molecule has 1 amide bonds. The van der Waals surface area contributed by atoms with Gasteiger partial charge in [0.05, 0.1) is 6.54 Å². The first-order valence-corrected chi connectivity index (χ1v) is 7.91. The van der Waals surface area contributed by atoms with Crippen LogP contribution < -0.4 is 10.6 Å². The Balaban J connectivity index is 1.70. The van der Waals surface area contributed by atoms with Gasteiger partial charge in [0, 0.05) is 12.2 Å². The second kappa shape index (κ2) is 7.87. The fourth-order valence-electron chi connectivity index (χ4n) is 2.67. The van der Waals surface area contributed by atoms with E-state index in [1.807, 2.05) is 12.1 Å². The fourth-order valence-corrected chi connectivity index (χ4v) is 2.67. The Labute approximate surface area is 127 Å². The third-order valence-electron chi connectivity index (χ3n) is 4.20. The van der Waals surface area contributed by atoms with E-state index in [9.17, 15) is 4.79 Å². The van der Waals surface area contributed by atoms with Crippen LogP contribution in [0.1, 0.15) is 43.2 Å². The van der Waals surface area contributed by atoms with Crippen LogP contribution in [0.2, 0.25) is 0 Å². The molecule has 2 N–H and O–H groups in total. The number of hydrogen-bond acceptors (Lipinski definition) is 2. The largest absolute Gasteiger partial charge is 0.376 e. The van der Waals surface area contributed by atoms with Crippen LogP contribution in [0.15, 0.2) is 29.8 Å². The molecular weight excluding hydrogens is 260 g/mol. The minimum Gasteiger partial charge on any atom is -0.376 e. The van der Waals surface area contributed by atoms with Gasteiger partial charge in [-0.3, -0.25) is 4.79 Å². The van der Waals surface area contributed by atoms with Gasteiger partial charge in [-0.15, -0.1) is 0 Å². The van der Waals surface area contributed by atoms with E-state index < -0.39 is 0 Å². The molecule has 21 heavy (non-hydrogen) atoms. The first-order chi connectivity index (χ1) is 10.2. The summed E-state index contributed by atoms with van der Waals surface area (Å²) < 4.78 is 0. The molecule has 2 rings (SSSR count). The van der Waals surface area contributed by atoms with Crippen LogP contribution in [-0.4, -0.2) is 19.0 Å². The van der Waals surface area contributed by atoms with Crippen molar-refractivity contribution in [2.75, 3.05) is 18.4 Å². The van der Waals surface area contributed by atoms with E-state index in [0.717, 1.165) is 18.7 Å². The zero-order valence-electron chi connectivity index (χ0n) is 13.2. The minimum absolute atomic E-state index is 0.0623. The molecule has 3 nitrogen and oxygen atoms in total. The maximum atomic E-state index is 11.9. The van der Waals surface area contributed by atoms with E-state index in [0.29, 0.717) is 6.54 Å². The lowest BCUT2D eigenvalue weighted by Gasteiger charge is -2.14. The Kier molecular flexibility index (Phi) is 5.85. The van der Waals surface area contributed by atoms with E-state index in [1.165, 1.54) is 42.4 Å². The SMILES string of the molecule is Cc1cccc(NCC(=O)NCCC2=CCCCC2)c1C. The molecule has 3 heteroatoms. The number of hydrogen-bond donors (Lipinski definition) is 2. The molecule has 0 spiro atoms. The molecule has 0 atom stereocenters. The topological polar surface area (TPSA) is 41.1 Å². The number of anilines is 1. The van der Waals surface area contributed by atoms with Crippen molar-refractivity contribution in [1.29, 1.82) is 0 Å². The molecule has 0 heterocycles. The van der Waals surface area contributed by atoms with Crippen LogP contribution in [-0.2, 0) is 4.79 Å². The summed E-state index contributed by atoms with van der Waals surface area (Å²) in [7, 11) is 0. The molecule has 0 saturated carbocycles. The lowest BCUT2D eigenvalue weighted by Crippen LogP contribution is -2.31. The molecule has 0 bridgehead atoms. The fraction of sp³-hybridized carbons (Fsp3) is 0.500. The van der Waals surface area contributed by atoms with Gasteiger partial charge in [-0.25, -0.2) is 0 Å². The van der Waals surface area contributed by atoms with Gasteiger partial charge in [-0.1, -0.05) is 23.8 Å². The van der Waals surface area contributed by atoms with Gasteiger partial charge in [-0.2, -0.15) is 0 Å². The van der Waals surface area contributed by atoms with E-state index in [4.69, 9.17) is 0 Å². The highest BCUT2D eigenvalue weighted by molar-refractivity contribution is 5.81. The average Bonchev–Trinajstić information content (AvgIpc) is 2.50. The summed E-state index contributed by atoms with van der Waals surface area (Å²) in [5.41, 5.74) is 4.99. The highest BCUT2D eigenvalue weighted by Crippen LogP contribution is 2.19. The summed E-state index contributed by atoms with van der Waals surface area (Å²) in [6.07, 6.45) is 8.36. The lowest BCUT2D eigenvalue weighted by molar-refractivity contribution is -0.119. The minimum atomic E-state index is 0.0623. The van der Waals surface area contributed by atoms with Crippen molar-refractivity contribution < 1.29 is 4.79 Å². The van der Waals surface area contributed by atoms with Gasteiger partial charge in [-0.05, 0) is 63.1 Å². The molecule has 1 aliphatic rings. The number of carbonyl (C=O) groups is 1. The third kappa shape index (κ3) is 4.92. The lowest BCUT2D eigenvalue weighted by atomic mass is 9.97. The average molecular weight is 286 g/mol. The maximum Gasteiger partial charge on any atom is 0.239 e. The van der Waals surface area contributed by atoms with Crippen molar-refractivity contribution in [2.45, 2.75) is 46.0 Å². The van der Waals surface area contributed by atoms with Gasteiger partial charge < -0.3 is 10.6 Å². The normalized spacial score (nSPS) is 14.5. The van der Waals surface area contributed by atoms with Gasteiger partial charge in [0.2, 0.25) is 5.91 Å². The molecule has 0 fully saturated rings. The van der Waals surface area contributed by atoms with E-state index in [1.54, 1.807) is 0 Å². The van der Waals surface area contributed by atoms with Crippen molar-refractivity contribution in [3.63, 3.8) is 0 Å². The number of rotatable bonds is 6. The number of aryl methyl sites for hydroxylation is 1. The number of nitrogens with one attached hydrogen (secondary N) is 2. The molecule has 1 aliphatic carbocycles. The summed E-state index contributed by atoms with van der Waals surface area (Å²) in [5, 5.41) is 6.21. The van der Waals surface area contributed by atoms with Crippen molar-refractivity contribution >= 4 is 11.6 Å². The molecular formula is C18H26N2O. The van der Waals surface area contributed by atoms with Crippen LogP contribution in [0.5, 0.6) is 0 Å². The van der Waals surface area contributed by atoms with Crippen LogP contribution in [0.25, 0.3) is 0 Å². The molecule has 1 aromatic carbocycles. The summed E-state index contributed by atoms with van der Waals surface area (Å²) in [6.45, 7) is 5.24. The molecule has 0 unspecified atom stereocenters. The van der Waals surface area contributed by atoms with Gasteiger partial charge in [0.25, 0.3) is 0 Å². The standard InChI is InChI=1S/C18H26N2O/c1-14-7-6-10-17(15(14)2)20-13-18(21)19-12-11-16-8-4-3-5-9-16/h6-8,10,20H,3-5,9,11-13H2,1-2H3,(H,19,21). The van der Waals surface area contributed by atoms with Gasteiger partial charge in [0.15, 0.2) is 0 Å². The Morgan fingerprint density at radius 1 is 1.24 bits per heavy atom. The smallest absolute Gasteiger partial charge is 0.239 e. The highest BCUT2D eigenvalue weighted by Gasteiger charge is 2.06. The predicted molar refractivity (Wildman–Crippen MR) is 88.6 cm³/mol. The first-order valence-electron chi connectivity index (χ1n) is 7.91. The molecule has 0 aromatic heterocycles. The van der Waals surface area contributed by atoms with Crippen LogP contribution in [0.4, 0.5) is 5.69 Å². The summed E-state index contributed by atoms with van der Waals surface area (Å²) >= 11 is 0. The quantitative estimate of drug-likeness (QED) is 0.783. The molecule has 0 saturated heterocycles. The Bertz CT molecular complexity index is 520. The summed E-state index contributed by atoms with van der Waals surface area (Å²) in [5.74, 6) is 0.0623. The van der Waals surface area contributed by atoms with Crippen LogP contribution in [0, 0.1) is 13.8 Å². The molecule has 1 aromatic rings. The van der Waals surface area contributed by atoms with E-state index >= 15 is 0 Å². The first kappa shape index (κ1) is 15.6. The summed E-state index contributed by atoms with van der Waals surface area (Å²) in [4.78, 5) is 11.9. The molecule has 0 aliphatic heterocycles. The number of allylic oxidation sites excluding steroid dienone is 1. The Morgan fingerprint density at radius 2 is 2.10 bits per heavy atom. The number of amides is 1. The second-order valence-electron chi connectivity index (χ2n) is 5.81. The monoisotopic (exact) mass is 286 g/mol. The predicted octanol–water partition coefficient (Wildman–Crippen LogP) is 3.72. The summed E-state index contributed by atoms with van der Waals surface area (Å²) in [6, 6.07) is 6.11. The third-order valence-corrected chi connectivity index (χ3v) is 4.20. The van der Waals surface area contributed by atoms with Crippen LogP contribution >= 0.6 is 0 Å². The van der Waals surface area contributed by atoms with Crippen molar-refractivity contribution in [3.8, 4) is 0 Å². The zero-order valence-corrected chi connectivity index (χ0v) is 13.2. The van der Waals surface area contributed by atoms with E-state index in [-0.39, 0.29) is 5.91 Å². The molecule has 0 radical (unpaired) electrons. The molecule has 114 valence electrons. The Hall–Kier alpha value is -1.77. The highest BCUT2D eigenvalue weighted by atomic mass is 16.1. The van der Waals surface area contributed by atoms with Gasteiger partial charge in [0.1, 0.15) is 0 Å². The van der Waals surface area contributed by atoms with Crippen LogP contribution in [0.3, 0.4) is 0 Å². The Morgan fingerprint density at radius 3 is 2.86 bits per heavy atom. The number of benzene rings is 1. The number of carbonyl (C=O) groups excluding carboxylic acids is 1. The van der Waals surface area contributed by atoms with Crippen molar-refractivity contribution in [3.05, 3.63) is 41.0 Å². The van der Waals surface area contributed by atoms with Gasteiger partial charge >= 0.3 is 0 Å².